The fourth-order valence-corrected chi connectivity index (χ4v) is 3.27. The summed E-state index contributed by atoms with van der Waals surface area (Å²) in [6.45, 7) is 0. The first-order valence-corrected chi connectivity index (χ1v) is 8.67. The summed E-state index contributed by atoms with van der Waals surface area (Å²) in [6, 6.07) is 18.0. The van der Waals surface area contributed by atoms with Crippen LogP contribution in [0.4, 0.5) is 5.69 Å². The molecule has 0 amide bonds. The Morgan fingerprint density at radius 3 is 2.58 bits per heavy atom. The molecular formula is C19H13BrClN3. The van der Waals surface area contributed by atoms with E-state index in [4.69, 9.17) is 16.6 Å². The van der Waals surface area contributed by atoms with E-state index >= 15 is 0 Å². The van der Waals surface area contributed by atoms with Crippen LogP contribution >= 0.6 is 27.5 Å². The van der Waals surface area contributed by atoms with Crippen molar-refractivity contribution in [2.75, 3.05) is 4.90 Å². The highest BCUT2D eigenvalue weighted by molar-refractivity contribution is 9.10. The van der Waals surface area contributed by atoms with Crippen molar-refractivity contribution >= 4 is 39.4 Å². The van der Waals surface area contributed by atoms with Crippen LogP contribution in [-0.2, 0) is 0 Å². The molecule has 0 fully saturated rings. The molecule has 5 heteroatoms. The van der Waals surface area contributed by atoms with Gasteiger partial charge in [-0.25, -0.2) is 0 Å². The van der Waals surface area contributed by atoms with Gasteiger partial charge in [-0.15, -0.1) is 0 Å². The van der Waals surface area contributed by atoms with Gasteiger partial charge in [-0.3, -0.25) is 9.98 Å². The van der Waals surface area contributed by atoms with Crippen molar-refractivity contribution in [3.63, 3.8) is 0 Å². The van der Waals surface area contributed by atoms with E-state index in [2.05, 4.69) is 38.1 Å². The zero-order chi connectivity index (χ0) is 16.5. The third-order valence-electron chi connectivity index (χ3n) is 3.89. The number of aromatic nitrogens is 1. The lowest BCUT2D eigenvalue weighted by Crippen LogP contribution is -2.37. The highest BCUT2D eigenvalue weighted by atomic mass is 79.9. The number of rotatable bonds is 2. The fourth-order valence-electron chi connectivity index (χ4n) is 2.76. The highest BCUT2D eigenvalue weighted by Gasteiger charge is 2.21. The van der Waals surface area contributed by atoms with Crippen LogP contribution in [0.5, 0.6) is 0 Å². The molecule has 0 spiro atoms. The first-order valence-electron chi connectivity index (χ1n) is 7.50. The third-order valence-corrected chi connectivity index (χ3v) is 4.57. The van der Waals surface area contributed by atoms with E-state index in [9.17, 15) is 0 Å². The Balaban J connectivity index is 1.90. The summed E-state index contributed by atoms with van der Waals surface area (Å²) >= 11 is 9.53. The van der Waals surface area contributed by atoms with E-state index < -0.39 is 0 Å². The largest absolute Gasteiger partial charge is 0.321 e. The first kappa shape index (κ1) is 15.4. The van der Waals surface area contributed by atoms with Gasteiger partial charge in [0.1, 0.15) is 0 Å². The number of anilines is 1. The van der Waals surface area contributed by atoms with Gasteiger partial charge in [0.2, 0.25) is 0 Å². The summed E-state index contributed by atoms with van der Waals surface area (Å²) in [4.78, 5) is 11.4. The Morgan fingerprint density at radius 2 is 1.79 bits per heavy atom. The zero-order valence-corrected chi connectivity index (χ0v) is 14.9. The number of hydrogen-bond donors (Lipinski definition) is 0. The molecule has 2 heterocycles. The van der Waals surface area contributed by atoms with Crippen molar-refractivity contribution in [3.8, 4) is 0 Å². The lowest BCUT2D eigenvalue weighted by atomic mass is 10.1. The fraction of sp³-hybridized carbons (Fsp3) is 0.0526. The molecule has 0 saturated carbocycles. The molecule has 4 rings (SSSR count). The van der Waals surface area contributed by atoms with E-state index in [0.29, 0.717) is 5.02 Å². The van der Waals surface area contributed by atoms with Crippen LogP contribution < -0.4 is 15.5 Å². The van der Waals surface area contributed by atoms with Crippen molar-refractivity contribution in [1.29, 1.82) is 0 Å². The number of halogens is 2. The molecule has 1 aromatic heterocycles. The number of para-hydroxylation sites is 1. The Kier molecular flexibility index (Phi) is 4.08. The molecule has 0 radical (unpaired) electrons. The molecule has 2 aromatic carbocycles. The summed E-state index contributed by atoms with van der Waals surface area (Å²) in [7, 11) is 0. The predicted molar refractivity (Wildman–Crippen MR) is 100 cm³/mol. The highest BCUT2D eigenvalue weighted by Crippen LogP contribution is 2.31. The van der Waals surface area contributed by atoms with E-state index in [0.717, 1.165) is 26.3 Å². The lowest BCUT2D eigenvalue weighted by molar-refractivity contribution is 0.710. The second-order valence-corrected chi connectivity index (χ2v) is 6.86. The number of benzene rings is 2. The van der Waals surface area contributed by atoms with Crippen LogP contribution in [0, 0.1) is 0 Å². The van der Waals surface area contributed by atoms with Crippen LogP contribution in [-0.4, -0.2) is 4.98 Å². The standard InChI is InChI=1S/C19H13BrClN3/c20-15-9-14(10-22-11-15)19-23-18-4-2-1-3-13(18)12-24(19)17-7-5-16(21)6-8-17/h1-12,19H. The van der Waals surface area contributed by atoms with E-state index in [1.807, 2.05) is 54.7 Å². The monoisotopic (exact) mass is 397 g/mol. The van der Waals surface area contributed by atoms with Gasteiger partial charge in [-0.1, -0.05) is 29.8 Å². The van der Waals surface area contributed by atoms with Crippen LogP contribution in [0.15, 0.2) is 76.5 Å². The molecule has 118 valence electrons. The van der Waals surface area contributed by atoms with Gasteiger partial charge in [0.05, 0.1) is 5.36 Å². The van der Waals surface area contributed by atoms with Crippen molar-refractivity contribution in [3.05, 3.63) is 92.6 Å². The molecule has 1 aliphatic heterocycles. The van der Waals surface area contributed by atoms with Gasteiger partial charge in [0.25, 0.3) is 0 Å². The maximum absolute atomic E-state index is 6.04. The average Bonchev–Trinajstić information content (AvgIpc) is 2.61. The van der Waals surface area contributed by atoms with E-state index in [1.165, 1.54) is 0 Å². The first-order chi connectivity index (χ1) is 11.7. The van der Waals surface area contributed by atoms with Gasteiger partial charge in [0.15, 0.2) is 6.17 Å². The van der Waals surface area contributed by atoms with Gasteiger partial charge >= 0.3 is 0 Å². The van der Waals surface area contributed by atoms with Crippen LogP contribution in [0.1, 0.15) is 11.7 Å². The van der Waals surface area contributed by atoms with Gasteiger partial charge in [0, 0.05) is 44.6 Å². The summed E-state index contributed by atoms with van der Waals surface area (Å²) in [5.41, 5.74) is 2.05. The molecule has 0 N–H and O–H groups in total. The molecule has 3 aromatic rings. The topological polar surface area (TPSA) is 28.5 Å². The van der Waals surface area contributed by atoms with E-state index in [-0.39, 0.29) is 6.17 Å². The Labute approximate surface area is 153 Å². The molecule has 1 unspecified atom stereocenters. The van der Waals surface area contributed by atoms with Crippen molar-refractivity contribution < 1.29 is 0 Å². The third kappa shape index (κ3) is 2.95. The second kappa shape index (κ2) is 6.38. The minimum absolute atomic E-state index is 0.175. The zero-order valence-electron chi connectivity index (χ0n) is 12.6. The molecule has 3 nitrogen and oxygen atoms in total. The van der Waals surface area contributed by atoms with Crippen molar-refractivity contribution in [1.82, 2.24) is 4.98 Å². The number of hydrogen-bond acceptors (Lipinski definition) is 3. The smallest absolute Gasteiger partial charge is 0.153 e. The lowest BCUT2D eigenvalue weighted by Gasteiger charge is -2.30. The van der Waals surface area contributed by atoms with E-state index in [1.54, 1.807) is 6.20 Å². The van der Waals surface area contributed by atoms with Crippen LogP contribution in [0.25, 0.3) is 6.20 Å². The number of fused-ring (bicyclic) bond motifs is 1. The number of nitrogens with zero attached hydrogens (tertiary/aromatic N) is 3. The molecule has 1 atom stereocenters. The summed E-state index contributed by atoms with van der Waals surface area (Å²) in [5.74, 6) is 0. The molecule has 1 aliphatic rings. The SMILES string of the molecule is Clc1ccc(N2C=c3ccccc3=NC2c2cncc(Br)c2)cc1. The molecule has 24 heavy (non-hydrogen) atoms. The quantitative estimate of drug-likeness (QED) is 0.651. The van der Waals surface area contributed by atoms with Gasteiger partial charge in [-0.2, -0.15) is 0 Å². The van der Waals surface area contributed by atoms with Gasteiger partial charge in [-0.05, 0) is 52.3 Å². The summed E-state index contributed by atoms with van der Waals surface area (Å²) in [5, 5.41) is 2.79. The predicted octanol–water partition coefficient (Wildman–Crippen LogP) is 4.07. The normalized spacial score (nSPS) is 16.1. The Hall–Kier alpha value is -2.17. The van der Waals surface area contributed by atoms with Gasteiger partial charge < -0.3 is 4.90 Å². The summed E-state index contributed by atoms with van der Waals surface area (Å²) < 4.78 is 0.935. The molecular weight excluding hydrogens is 386 g/mol. The minimum atomic E-state index is -0.175. The maximum Gasteiger partial charge on any atom is 0.153 e. The Bertz CT molecular complexity index is 1000. The minimum Gasteiger partial charge on any atom is -0.321 e. The number of pyridine rings is 1. The molecule has 0 aliphatic carbocycles. The Morgan fingerprint density at radius 1 is 1.00 bits per heavy atom. The van der Waals surface area contributed by atoms with Crippen molar-refractivity contribution in [2.24, 2.45) is 4.99 Å². The second-order valence-electron chi connectivity index (χ2n) is 5.51. The van der Waals surface area contributed by atoms with Crippen LogP contribution in [0.3, 0.4) is 0 Å². The summed E-state index contributed by atoms with van der Waals surface area (Å²) in [6.07, 6.45) is 5.57. The average molecular weight is 399 g/mol. The maximum atomic E-state index is 6.04. The van der Waals surface area contributed by atoms with Crippen molar-refractivity contribution in [2.45, 2.75) is 6.17 Å². The van der Waals surface area contributed by atoms with Crippen LogP contribution in [0.2, 0.25) is 5.02 Å². The molecule has 0 saturated heterocycles. The molecule has 0 bridgehead atoms.